The second kappa shape index (κ2) is 5.91. The molecule has 1 aromatic carbocycles. The minimum absolute atomic E-state index is 0.163. The van der Waals surface area contributed by atoms with E-state index in [4.69, 9.17) is 34.8 Å². The number of benzene rings is 1. The average molecular weight is 309 g/mol. The largest absolute Gasteiger partial charge is 0.340 e. The first kappa shape index (κ1) is 15.3. The second-order valence-corrected chi connectivity index (χ2v) is 5.43. The predicted octanol–water partition coefficient (Wildman–Crippen LogP) is 3.31. The number of rotatable bonds is 4. The first-order valence-electron chi connectivity index (χ1n) is 5.14. The summed E-state index contributed by atoms with van der Waals surface area (Å²) < 4.78 is 0. The van der Waals surface area contributed by atoms with Crippen LogP contribution >= 0.6 is 34.8 Å². The molecule has 0 aromatic heterocycles. The Balaban J connectivity index is 2.92. The Kier molecular flexibility index (Phi) is 5.02. The molecule has 0 saturated carbocycles. The van der Waals surface area contributed by atoms with Gasteiger partial charge in [0.1, 0.15) is 0 Å². The molecule has 1 amide bonds. The minimum atomic E-state index is -1.03. The van der Waals surface area contributed by atoms with Crippen molar-refractivity contribution in [2.45, 2.75) is 19.4 Å². The summed E-state index contributed by atoms with van der Waals surface area (Å²) >= 11 is 17.1. The third-order valence-electron chi connectivity index (χ3n) is 2.37. The van der Waals surface area contributed by atoms with E-state index in [-0.39, 0.29) is 11.7 Å². The van der Waals surface area contributed by atoms with Crippen molar-refractivity contribution in [3.8, 4) is 0 Å². The molecule has 0 aliphatic heterocycles. The van der Waals surface area contributed by atoms with Gasteiger partial charge in [-0.05, 0) is 32.0 Å². The lowest BCUT2D eigenvalue weighted by Crippen LogP contribution is -2.50. The molecule has 0 radical (unpaired) electrons. The third-order valence-corrected chi connectivity index (χ3v) is 3.05. The fourth-order valence-corrected chi connectivity index (χ4v) is 2.14. The van der Waals surface area contributed by atoms with Crippen molar-refractivity contribution in [2.75, 3.05) is 5.88 Å². The quantitative estimate of drug-likeness (QED) is 0.867. The SMILES string of the molecule is CC(C)(NC(=O)c1cc(Cl)cc(Cl)c1)C(=O)CCl. The summed E-state index contributed by atoms with van der Waals surface area (Å²) in [5.41, 5.74) is -0.740. The van der Waals surface area contributed by atoms with Crippen LogP contribution < -0.4 is 5.32 Å². The summed E-state index contributed by atoms with van der Waals surface area (Å²) in [6, 6.07) is 4.48. The number of hydrogen-bond donors (Lipinski definition) is 1. The highest BCUT2D eigenvalue weighted by Crippen LogP contribution is 2.19. The van der Waals surface area contributed by atoms with E-state index < -0.39 is 11.4 Å². The highest BCUT2D eigenvalue weighted by atomic mass is 35.5. The normalized spacial score (nSPS) is 11.2. The second-order valence-electron chi connectivity index (χ2n) is 4.29. The van der Waals surface area contributed by atoms with Crippen LogP contribution in [0.4, 0.5) is 0 Å². The van der Waals surface area contributed by atoms with E-state index in [0.29, 0.717) is 15.6 Å². The van der Waals surface area contributed by atoms with Crippen LogP contribution in [0, 0.1) is 0 Å². The molecular weight excluding hydrogens is 296 g/mol. The number of carbonyl (C=O) groups excluding carboxylic acids is 2. The van der Waals surface area contributed by atoms with Crippen molar-refractivity contribution >= 4 is 46.5 Å². The van der Waals surface area contributed by atoms with Gasteiger partial charge in [0, 0.05) is 15.6 Å². The average Bonchev–Trinajstić information content (AvgIpc) is 2.25. The Morgan fingerprint density at radius 1 is 1.17 bits per heavy atom. The van der Waals surface area contributed by atoms with Gasteiger partial charge < -0.3 is 5.32 Å². The topological polar surface area (TPSA) is 46.2 Å². The number of Topliss-reactive ketones (excluding diaryl/α,β-unsaturated/α-hetero) is 1. The van der Waals surface area contributed by atoms with E-state index in [1.165, 1.54) is 18.2 Å². The van der Waals surface area contributed by atoms with Crippen LogP contribution in [0.2, 0.25) is 10.0 Å². The highest BCUT2D eigenvalue weighted by molar-refractivity contribution is 6.35. The summed E-state index contributed by atoms with van der Waals surface area (Å²) in [5.74, 6) is -0.864. The van der Waals surface area contributed by atoms with Gasteiger partial charge in [-0.15, -0.1) is 11.6 Å². The number of amides is 1. The van der Waals surface area contributed by atoms with Gasteiger partial charge in [-0.1, -0.05) is 23.2 Å². The Bertz CT molecular complexity index is 466. The molecule has 0 unspecified atom stereocenters. The van der Waals surface area contributed by atoms with Gasteiger partial charge in [-0.2, -0.15) is 0 Å². The summed E-state index contributed by atoms with van der Waals surface area (Å²) in [6.07, 6.45) is 0. The number of nitrogens with one attached hydrogen (secondary N) is 1. The third kappa shape index (κ3) is 3.87. The molecule has 0 aliphatic rings. The molecule has 0 bridgehead atoms. The van der Waals surface area contributed by atoms with Crippen LogP contribution in [0.15, 0.2) is 18.2 Å². The van der Waals surface area contributed by atoms with E-state index in [1.54, 1.807) is 13.8 Å². The van der Waals surface area contributed by atoms with Crippen molar-refractivity contribution in [3.05, 3.63) is 33.8 Å². The molecule has 1 N–H and O–H groups in total. The molecule has 0 saturated heterocycles. The van der Waals surface area contributed by atoms with Crippen LogP contribution in [0.5, 0.6) is 0 Å². The number of carbonyl (C=O) groups is 2. The maximum Gasteiger partial charge on any atom is 0.252 e. The van der Waals surface area contributed by atoms with Crippen molar-refractivity contribution in [1.82, 2.24) is 5.32 Å². The molecular formula is C12H12Cl3NO2. The van der Waals surface area contributed by atoms with Gasteiger partial charge >= 0.3 is 0 Å². The Morgan fingerprint density at radius 3 is 2.11 bits per heavy atom. The first-order chi connectivity index (χ1) is 8.26. The van der Waals surface area contributed by atoms with Gasteiger partial charge in [-0.3, -0.25) is 9.59 Å². The van der Waals surface area contributed by atoms with E-state index >= 15 is 0 Å². The zero-order chi connectivity index (χ0) is 13.9. The van der Waals surface area contributed by atoms with Crippen molar-refractivity contribution in [2.24, 2.45) is 0 Å². The maximum absolute atomic E-state index is 12.0. The molecule has 0 spiro atoms. The van der Waals surface area contributed by atoms with Gasteiger partial charge in [0.05, 0.1) is 11.4 Å². The molecule has 0 atom stereocenters. The fraction of sp³-hybridized carbons (Fsp3) is 0.333. The Morgan fingerprint density at radius 2 is 1.67 bits per heavy atom. The standard InChI is InChI=1S/C12H12Cl3NO2/c1-12(2,10(17)6-13)16-11(18)7-3-8(14)5-9(15)4-7/h3-5H,6H2,1-2H3,(H,16,18). The molecule has 0 heterocycles. The lowest BCUT2D eigenvalue weighted by molar-refractivity contribution is -0.121. The van der Waals surface area contributed by atoms with Gasteiger partial charge in [0.25, 0.3) is 5.91 Å². The Labute approximate surface area is 120 Å². The molecule has 6 heteroatoms. The molecule has 1 aromatic rings. The Hall–Kier alpha value is -0.770. The molecule has 0 aliphatic carbocycles. The molecule has 98 valence electrons. The van der Waals surface area contributed by atoms with Crippen molar-refractivity contribution < 1.29 is 9.59 Å². The van der Waals surface area contributed by atoms with Gasteiger partial charge in [0.15, 0.2) is 5.78 Å². The van der Waals surface area contributed by atoms with Crippen molar-refractivity contribution in [1.29, 1.82) is 0 Å². The molecule has 0 fully saturated rings. The molecule has 18 heavy (non-hydrogen) atoms. The number of halogens is 3. The van der Waals surface area contributed by atoms with E-state index in [1.807, 2.05) is 0 Å². The van der Waals surface area contributed by atoms with Gasteiger partial charge in [0.2, 0.25) is 0 Å². The van der Waals surface area contributed by atoms with Crippen molar-refractivity contribution in [3.63, 3.8) is 0 Å². The highest BCUT2D eigenvalue weighted by Gasteiger charge is 2.28. The monoisotopic (exact) mass is 307 g/mol. The molecule has 3 nitrogen and oxygen atoms in total. The van der Waals surface area contributed by atoms with E-state index in [9.17, 15) is 9.59 Å². The zero-order valence-corrected chi connectivity index (χ0v) is 12.2. The summed E-state index contributed by atoms with van der Waals surface area (Å²) in [6.45, 7) is 3.17. The zero-order valence-electron chi connectivity index (χ0n) is 9.89. The van der Waals surface area contributed by atoms with E-state index in [0.717, 1.165) is 0 Å². The summed E-state index contributed by atoms with van der Waals surface area (Å²) in [7, 11) is 0. The van der Waals surface area contributed by atoms with Gasteiger partial charge in [-0.25, -0.2) is 0 Å². The van der Waals surface area contributed by atoms with Crippen LogP contribution in [0.25, 0.3) is 0 Å². The lowest BCUT2D eigenvalue weighted by atomic mass is 9.99. The van der Waals surface area contributed by atoms with E-state index in [2.05, 4.69) is 5.32 Å². The van der Waals surface area contributed by atoms with Crippen LogP contribution in [0.1, 0.15) is 24.2 Å². The first-order valence-corrected chi connectivity index (χ1v) is 6.43. The summed E-state index contributed by atoms with van der Waals surface area (Å²) in [4.78, 5) is 23.5. The number of ketones is 1. The molecule has 1 rings (SSSR count). The van der Waals surface area contributed by atoms with Crippen LogP contribution in [0.3, 0.4) is 0 Å². The minimum Gasteiger partial charge on any atom is -0.340 e. The number of hydrogen-bond acceptors (Lipinski definition) is 2. The lowest BCUT2D eigenvalue weighted by Gasteiger charge is -2.23. The van der Waals surface area contributed by atoms with Crippen LogP contribution in [-0.2, 0) is 4.79 Å². The summed E-state index contributed by atoms with van der Waals surface area (Å²) in [5, 5.41) is 3.30. The number of alkyl halides is 1. The maximum atomic E-state index is 12.0. The smallest absolute Gasteiger partial charge is 0.252 e. The fourth-order valence-electron chi connectivity index (χ4n) is 1.28. The predicted molar refractivity (Wildman–Crippen MR) is 73.7 cm³/mol. The van der Waals surface area contributed by atoms with Crippen LogP contribution in [-0.4, -0.2) is 23.1 Å².